The second-order valence-electron chi connectivity index (χ2n) is 4.10. The number of nitrogens with zero attached hydrogens (tertiary/aromatic N) is 2. The summed E-state index contributed by atoms with van der Waals surface area (Å²) in [4.78, 5) is 16.3. The molecule has 1 heterocycles. The summed E-state index contributed by atoms with van der Waals surface area (Å²) in [5.74, 6) is -0.400. The first-order chi connectivity index (χ1) is 8.97. The number of hydrogen-bond donors (Lipinski definition) is 3. The summed E-state index contributed by atoms with van der Waals surface area (Å²) in [6, 6.07) is 5.71. The number of aromatic amines is 2. The van der Waals surface area contributed by atoms with Crippen molar-refractivity contribution < 1.29 is 5.11 Å². The Kier molecular flexibility index (Phi) is 3.57. The van der Waals surface area contributed by atoms with Gasteiger partial charge in [0, 0.05) is 0 Å². The number of rotatable bonds is 2. The first-order valence-electron chi connectivity index (χ1n) is 5.52. The van der Waals surface area contributed by atoms with Crippen LogP contribution in [0.4, 0.5) is 11.4 Å². The molecule has 0 fully saturated rings. The van der Waals surface area contributed by atoms with Crippen molar-refractivity contribution in [3.63, 3.8) is 0 Å². The molecule has 0 aliphatic rings. The van der Waals surface area contributed by atoms with Gasteiger partial charge in [0.2, 0.25) is 11.6 Å². The molecule has 0 radical (unpaired) electrons. The third-order valence-corrected chi connectivity index (χ3v) is 2.72. The lowest BCUT2D eigenvalue weighted by Gasteiger charge is -2.00. The average molecular weight is 276 g/mol. The molecule has 0 bridgehead atoms. The first kappa shape index (κ1) is 13.2. The van der Waals surface area contributed by atoms with E-state index >= 15 is 0 Å². The fourth-order valence-electron chi connectivity index (χ4n) is 1.49. The fraction of sp³-hybridized carbons (Fsp3) is 0.167. The highest BCUT2D eigenvalue weighted by Crippen LogP contribution is 2.24. The molecule has 0 saturated heterocycles. The number of hydrogen-bond acceptors (Lipinski definition) is 5. The van der Waals surface area contributed by atoms with Crippen LogP contribution in [0.25, 0.3) is 0 Å². The number of aromatic hydroxyl groups is 1. The van der Waals surface area contributed by atoms with Crippen molar-refractivity contribution in [2.24, 2.45) is 10.2 Å². The first-order valence-corrected chi connectivity index (χ1v) is 5.93. The van der Waals surface area contributed by atoms with E-state index in [0.717, 1.165) is 11.1 Å². The topological polar surface area (TPSA) is 93.6 Å². The van der Waals surface area contributed by atoms with Gasteiger partial charge in [-0.3, -0.25) is 9.78 Å². The van der Waals surface area contributed by atoms with Gasteiger partial charge in [-0.15, -0.1) is 10.2 Å². The van der Waals surface area contributed by atoms with Crippen LogP contribution >= 0.6 is 12.2 Å². The normalized spacial score (nSPS) is 11.1. The van der Waals surface area contributed by atoms with Crippen molar-refractivity contribution in [1.29, 1.82) is 0 Å². The number of nitrogens with one attached hydrogen (secondary N) is 2. The third-order valence-electron chi connectivity index (χ3n) is 2.52. The van der Waals surface area contributed by atoms with E-state index in [2.05, 4.69) is 20.2 Å². The average Bonchev–Trinajstić information content (AvgIpc) is 2.32. The van der Waals surface area contributed by atoms with Crippen LogP contribution in [0.2, 0.25) is 0 Å². The van der Waals surface area contributed by atoms with Crippen LogP contribution in [0.1, 0.15) is 11.1 Å². The minimum absolute atomic E-state index is 0.0354. The zero-order chi connectivity index (χ0) is 14.0. The Hall–Kier alpha value is -2.28. The maximum absolute atomic E-state index is 11.6. The number of azo groups is 1. The van der Waals surface area contributed by atoms with Gasteiger partial charge in [-0.1, -0.05) is 12.1 Å². The van der Waals surface area contributed by atoms with Crippen molar-refractivity contribution >= 4 is 23.6 Å². The summed E-state index contributed by atoms with van der Waals surface area (Å²) in [5.41, 5.74) is 1.81. The molecule has 2 aromatic rings. The van der Waals surface area contributed by atoms with Crippen LogP contribution in [0.15, 0.2) is 33.2 Å². The molecule has 7 heteroatoms. The van der Waals surface area contributed by atoms with E-state index in [1.165, 1.54) is 0 Å². The lowest BCUT2D eigenvalue weighted by atomic mass is 10.1. The Labute approximate surface area is 113 Å². The predicted octanol–water partition coefficient (Wildman–Crippen LogP) is 3.17. The molecule has 1 aromatic heterocycles. The summed E-state index contributed by atoms with van der Waals surface area (Å²) >= 11 is 4.72. The van der Waals surface area contributed by atoms with Gasteiger partial charge in [0.1, 0.15) is 0 Å². The molecule has 98 valence electrons. The van der Waals surface area contributed by atoms with Crippen molar-refractivity contribution in [2.75, 3.05) is 0 Å². The minimum Gasteiger partial charge on any atom is -0.493 e. The highest BCUT2D eigenvalue weighted by Gasteiger charge is 2.06. The van der Waals surface area contributed by atoms with E-state index in [9.17, 15) is 9.90 Å². The molecule has 0 atom stereocenters. The van der Waals surface area contributed by atoms with Crippen LogP contribution in [-0.2, 0) is 0 Å². The SMILES string of the molecule is Cc1ccc(C)c(N=Nc2c(O)[nH]c(=S)[nH]c2=O)c1. The van der Waals surface area contributed by atoms with Gasteiger partial charge < -0.3 is 10.1 Å². The van der Waals surface area contributed by atoms with Gasteiger partial charge in [0.15, 0.2) is 4.77 Å². The Morgan fingerprint density at radius 1 is 1.21 bits per heavy atom. The van der Waals surface area contributed by atoms with E-state index in [0.29, 0.717) is 5.69 Å². The van der Waals surface area contributed by atoms with E-state index in [-0.39, 0.29) is 10.5 Å². The molecular weight excluding hydrogens is 264 g/mol. The summed E-state index contributed by atoms with van der Waals surface area (Å²) in [7, 11) is 0. The number of aryl methyl sites for hydroxylation is 2. The van der Waals surface area contributed by atoms with Crippen molar-refractivity contribution in [3.8, 4) is 5.88 Å². The van der Waals surface area contributed by atoms with E-state index in [1.807, 2.05) is 32.0 Å². The Morgan fingerprint density at radius 2 is 1.95 bits per heavy atom. The lowest BCUT2D eigenvalue weighted by Crippen LogP contribution is -2.06. The summed E-state index contributed by atoms with van der Waals surface area (Å²) in [6.07, 6.45) is 0. The van der Waals surface area contributed by atoms with Crippen molar-refractivity contribution in [1.82, 2.24) is 9.97 Å². The smallest absolute Gasteiger partial charge is 0.283 e. The third kappa shape index (κ3) is 2.94. The molecule has 0 aliphatic carbocycles. The molecule has 19 heavy (non-hydrogen) atoms. The molecule has 0 unspecified atom stereocenters. The summed E-state index contributed by atoms with van der Waals surface area (Å²) in [6.45, 7) is 3.82. The predicted molar refractivity (Wildman–Crippen MR) is 74.0 cm³/mol. The maximum atomic E-state index is 11.6. The van der Waals surface area contributed by atoms with Gasteiger partial charge in [0.25, 0.3) is 5.56 Å². The maximum Gasteiger partial charge on any atom is 0.283 e. The molecule has 1 aromatic carbocycles. The van der Waals surface area contributed by atoms with E-state index in [1.54, 1.807) is 0 Å². The molecule has 0 amide bonds. The molecule has 2 rings (SSSR count). The largest absolute Gasteiger partial charge is 0.493 e. The molecule has 3 N–H and O–H groups in total. The van der Waals surface area contributed by atoms with Gasteiger partial charge in [0.05, 0.1) is 5.69 Å². The van der Waals surface area contributed by atoms with E-state index < -0.39 is 11.4 Å². The van der Waals surface area contributed by atoms with Crippen LogP contribution in [0.3, 0.4) is 0 Å². The zero-order valence-electron chi connectivity index (χ0n) is 10.4. The van der Waals surface area contributed by atoms with Crippen LogP contribution in [-0.4, -0.2) is 15.1 Å². The number of aromatic nitrogens is 2. The summed E-state index contributed by atoms with van der Waals surface area (Å²) in [5, 5.41) is 17.3. The standard InChI is InChI=1S/C12H12N4O2S/c1-6-3-4-7(2)8(5-6)15-16-9-10(17)13-12(19)14-11(9)18/h3-5H,1-2H3,(H3,13,14,17,18,19). The van der Waals surface area contributed by atoms with Gasteiger partial charge >= 0.3 is 0 Å². The fourth-order valence-corrected chi connectivity index (χ4v) is 1.68. The van der Waals surface area contributed by atoms with Gasteiger partial charge in [-0.05, 0) is 43.3 Å². The van der Waals surface area contributed by atoms with Crippen LogP contribution < -0.4 is 5.56 Å². The van der Waals surface area contributed by atoms with E-state index in [4.69, 9.17) is 12.2 Å². The van der Waals surface area contributed by atoms with Gasteiger partial charge in [-0.25, -0.2) is 0 Å². The lowest BCUT2D eigenvalue weighted by molar-refractivity contribution is 0.451. The second-order valence-corrected chi connectivity index (χ2v) is 4.50. The molecular formula is C12H12N4O2S. The Balaban J connectivity index is 2.46. The Bertz CT molecular complexity index is 761. The number of H-pyrrole nitrogens is 2. The quantitative estimate of drug-likeness (QED) is 0.581. The Morgan fingerprint density at radius 3 is 2.63 bits per heavy atom. The molecule has 0 spiro atoms. The highest BCUT2D eigenvalue weighted by atomic mass is 32.1. The molecule has 0 aliphatic heterocycles. The summed E-state index contributed by atoms with van der Waals surface area (Å²) < 4.78 is 0.0354. The highest BCUT2D eigenvalue weighted by molar-refractivity contribution is 7.71. The molecule has 0 saturated carbocycles. The van der Waals surface area contributed by atoms with Gasteiger partial charge in [-0.2, -0.15) is 0 Å². The zero-order valence-corrected chi connectivity index (χ0v) is 11.2. The van der Waals surface area contributed by atoms with Crippen LogP contribution in [0.5, 0.6) is 5.88 Å². The molecule has 6 nitrogen and oxygen atoms in total. The second kappa shape index (κ2) is 5.15. The van der Waals surface area contributed by atoms with Crippen molar-refractivity contribution in [3.05, 3.63) is 44.5 Å². The number of benzene rings is 1. The van der Waals surface area contributed by atoms with Crippen molar-refractivity contribution in [2.45, 2.75) is 13.8 Å². The monoisotopic (exact) mass is 276 g/mol. The minimum atomic E-state index is -0.588. The van der Waals surface area contributed by atoms with Crippen LogP contribution in [0, 0.1) is 18.6 Å².